The molecule has 0 fully saturated rings. The molecule has 0 aromatic heterocycles. The van der Waals surface area contributed by atoms with Crippen LogP contribution >= 0.6 is 0 Å². The van der Waals surface area contributed by atoms with E-state index in [0.717, 1.165) is 6.26 Å². The monoisotopic (exact) mass is 259 g/mol. The van der Waals surface area contributed by atoms with Gasteiger partial charge in [0.05, 0.1) is 16.3 Å². The molecule has 17 heavy (non-hydrogen) atoms. The molecule has 1 aromatic carbocycles. The van der Waals surface area contributed by atoms with Gasteiger partial charge < -0.3 is 5.11 Å². The SMILES string of the molecule is C[C@@H]([C@H](O)c1cccc([N+](=O)[O-])c1)S(C)(=O)=O. The first-order chi connectivity index (χ1) is 7.73. The zero-order chi connectivity index (χ0) is 13.2. The summed E-state index contributed by atoms with van der Waals surface area (Å²) in [6, 6.07) is 5.32. The highest BCUT2D eigenvalue weighted by Gasteiger charge is 2.26. The number of hydrogen-bond donors (Lipinski definition) is 1. The first kappa shape index (κ1) is 13.6. The number of nitro groups is 1. The molecule has 1 N–H and O–H groups in total. The molecule has 6 nitrogen and oxygen atoms in total. The van der Waals surface area contributed by atoms with Crippen LogP contribution in [-0.2, 0) is 9.84 Å². The number of hydrogen-bond acceptors (Lipinski definition) is 5. The second kappa shape index (κ2) is 4.80. The predicted octanol–water partition coefficient (Wildman–Crippen LogP) is 1.06. The summed E-state index contributed by atoms with van der Waals surface area (Å²) in [7, 11) is -3.40. The van der Waals surface area contributed by atoms with E-state index >= 15 is 0 Å². The van der Waals surface area contributed by atoms with Crippen LogP contribution in [-0.4, -0.2) is 30.0 Å². The van der Waals surface area contributed by atoms with E-state index in [9.17, 15) is 23.6 Å². The highest BCUT2D eigenvalue weighted by Crippen LogP contribution is 2.24. The van der Waals surface area contributed by atoms with Crippen molar-refractivity contribution in [2.75, 3.05) is 6.26 Å². The summed E-state index contributed by atoms with van der Waals surface area (Å²) in [5, 5.41) is 19.4. The quantitative estimate of drug-likeness (QED) is 0.644. The van der Waals surface area contributed by atoms with E-state index < -0.39 is 26.1 Å². The average Bonchev–Trinajstić information content (AvgIpc) is 2.26. The number of benzene rings is 1. The van der Waals surface area contributed by atoms with Gasteiger partial charge in [-0.25, -0.2) is 8.42 Å². The lowest BCUT2D eigenvalue weighted by atomic mass is 10.1. The molecule has 0 bridgehead atoms. The molecule has 0 radical (unpaired) electrons. The zero-order valence-electron chi connectivity index (χ0n) is 9.40. The van der Waals surface area contributed by atoms with Gasteiger partial charge in [0.1, 0.15) is 0 Å². The first-order valence-corrected chi connectivity index (χ1v) is 6.80. The normalized spacial score (nSPS) is 15.2. The summed E-state index contributed by atoms with van der Waals surface area (Å²) in [5.74, 6) is 0. The largest absolute Gasteiger partial charge is 0.387 e. The smallest absolute Gasteiger partial charge is 0.269 e. The molecule has 0 unspecified atom stereocenters. The van der Waals surface area contributed by atoms with Gasteiger partial charge in [-0.05, 0) is 12.5 Å². The third-order valence-electron chi connectivity index (χ3n) is 2.54. The summed E-state index contributed by atoms with van der Waals surface area (Å²) < 4.78 is 22.5. The highest BCUT2D eigenvalue weighted by molar-refractivity contribution is 7.91. The first-order valence-electron chi connectivity index (χ1n) is 4.84. The Balaban J connectivity index is 3.09. The Kier molecular flexibility index (Phi) is 3.84. The molecule has 0 heterocycles. The van der Waals surface area contributed by atoms with Gasteiger partial charge in [0.15, 0.2) is 9.84 Å². The van der Waals surface area contributed by atoms with Crippen molar-refractivity contribution in [3.8, 4) is 0 Å². The maximum absolute atomic E-state index is 11.3. The number of nitrogens with zero attached hydrogens (tertiary/aromatic N) is 1. The molecule has 7 heteroatoms. The lowest BCUT2D eigenvalue weighted by molar-refractivity contribution is -0.385. The maximum Gasteiger partial charge on any atom is 0.269 e. The topological polar surface area (TPSA) is 97.5 Å². The molecular formula is C10H13NO5S. The number of nitro benzene ring substituents is 1. The van der Waals surface area contributed by atoms with Gasteiger partial charge in [-0.1, -0.05) is 12.1 Å². The molecule has 1 aromatic rings. The van der Waals surface area contributed by atoms with Crippen molar-refractivity contribution in [3.05, 3.63) is 39.9 Å². The fourth-order valence-corrected chi connectivity index (χ4v) is 1.95. The molecule has 0 aliphatic carbocycles. The Labute approximate surface area is 99.0 Å². The number of non-ortho nitro benzene ring substituents is 1. The third kappa shape index (κ3) is 3.24. The Bertz CT molecular complexity index is 525. The van der Waals surface area contributed by atoms with Crippen LogP contribution < -0.4 is 0 Å². The van der Waals surface area contributed by atoms with Crippen LogP contribution in [0.1, 0.15) is 18.6 Å². The summed E-state index contributed by atoms with van der Waals surface area (Å²) in [6.45, 7) is 1.36. The summed E-state index contributed by atoms with van der Waals surface area (Å²) in [5.41, 5.74) is 0.0411. The number of aliphatic hydroxyl groups is 1. The number of aliphatic hydroxyl groups excluding tert-OH is 1. The van der Waals surface area contributed by atoms with Crippen LogP contribution in [0.15, 0.2) is 24.3 Å². The zero-order valence-corrected chi connectivity index (χ0v) is 10.2. The Morgan fingerprint density at radius 1 is 1.41 bits per heavy atom. The highest BCUT2D eigenvalue weighted by atomic mass is 32.2. The Hall–Kier alpha value is -1.47. The van der Waals surface area contributed by atoms with Crippen molar-refractivity contribution in [3.63, 3.8) is 0 Å². The van der Waals surface area contributed by atoms with Crippen LogP contribution in [0.25, 0.3) is 0 Å². The van der Waals surface area contributed by atoms with Crippen LogP contribution in [0.2, 0.25) is 0 Å². The molecule has 94 valence electrons. The molecule has 0 aliphatic rings. The molecule has 0 spiro atoms. The van der Waals surface area contributed by atoms with Crippen molar-refractivity contribution < 1.29 is 18.4 Å². The Morgan fingerprint density at radius 2 is 2.00 bits per heavy atom. The maximum atomic E-state index is 11.3. The van der Waals surface area contributed by atoms with E-state index in [1.165, 1.54) is 31.2 Å². The second-order valence-electron chi connectivity index (χ2n) is 3.83. The van der Waals surface area contributed by atoms with Gasteiger partial charge in [-0.3, -0.25) is 10.1 Å². The molecule has 0 aliphatic heterocycles. The van der Waals surface area contributed by atoms with Crippen LogP contribution in [0.5, 0.6) is 0 Å². The summed E-state index contributed by atoms with van der Waals surface area (Å²) in [6.07, 6.45) is -0.261. The minimum absolute atomic E-state index is 0.178. The molecule has 2 atom stereocenters. The predicted molar refractivity (Wildman–Crippen MR) is 62.4 cm³/mol. The fraction of sp³-hybridized carbons (Fsp3) is 0.400. The fourth-order valence-electron chi connectivity index (χ4n) is 1.33. The summed E-state index contributed by atoms with van der Waals surface area (Å²) >= 11 is 0. The van der Waals surface area contributed by atoms with E-state index in [1.54, 1.807) is 0 Å². The van der Waals surface area contributed by atoms with Gasteiger partial charge in [0.2, 0.25) is 0 Å². The van der Waals surface area contributed by atoms with Crippen LogP contribution in [0.4, 0.5) is 5.69 Å². The number of sulfone groups is 1. The lowest BCUT2D eigenvalue weighted by Gasteiger charge is -2.17. The van der Waals surface area contributed by atoms with Gasteiger partial charge >= 0.3 is 0 Å². The van der Waals surface area contributed by atoms with E-state index in [-0.39, 0.29) is 11.3 Å². The van der Waals surface area contributed by atoms with E-state index in [4.69, 9.17) is 0 Å². The molecule has 0 saturated heterocycles. The van der Waals surface area contributed by atoms with Crippen molar-refractivity contribution in [1.29, 1.82) is 0 Å². The third-order valence-corrected chi connectivity index (χ3v) is 4.15. The minimum Gasteiger partial charge on any atom is -0.387 e. The second-order valence-corrected chi connectivity index (χ2v) is 6.23. The van der Waals surface area contributed by atoms with E-state index in [1.807, 2.05) is 0 Å². The lowest BCUT2D eigenvalue weighted by Crippen LogP contribution is -2.24. The van der Waals surface area contributed by atoms with Crippen LogP contribution in [0.3, 0.4) is 0 Å². The van der Waals surface area contributed by atoms with Crippen molar-refractivity contribution in [2.45, 2.75) is 18.3 Å². The van der Waals surface area contributed by atoms with Crippen molar-refractivity contribution >= 4 is 15.5 Å². The minimum atomic E-state index is -3.40. The molecular weight excluding hydrogens is 246 g/mol. The number of rotatable bonds is 4. The Morgan fingerprint density at radius 3 is 2.47 bits per heavy atom. The van der Waals surface area contributed by atoms with Crippen LogP contribution in [0, 0.1) is 10.1 Å². The molecule has 0 amide bonds. The van der Waals surface area contributed by atoms with Gasteiger partial charge in [-0.15, -0.1) is 0 Å². The van der Waals surface area contributed by atoms with E-state index in [0.29, 0.717) is 0 Å². The van der Waals surface area contributed by atoms with Gasteiger partial charge in [0, 0.05) is 18.4 Å². The standard InChI is InChI=1S/C10H13NO5S/c1-7(17(2,15)16)10(12)8-4-3-5-9(6-8)11(13)14/h3-7,10,12H,1-2H3/t7-,10-/m0/s1. The van der Waals surface area contributed by atoms with Gasteiger partial charge in [-0.2, -0.15) is 0 Å². The van der Waals surface area contributed by atoms with Crippen molar-refractivity contribution in [1.82, 2.24) is 0 Å². The molecule has 0 saturated carbocycles. The van der Waals surface area contributed by atoms with Crippen molar-refractivity contribution in [2.24, 2.45) is 0 Å². The average molecular weight is 259 g/mol. The van der Waals surface area contributed by atoms with Gasteiger partial charge in [0.25, 0.3) is 5.69 Å². The summed E-state index contributed by atoms with van der Waals surface area (Å²) in [4.78, 5) is 9.95. The molecule has 1 rings (SSSR count). The van der Waals surface area contributed by atoms with E-state index in [2.05, 4.69) is 0 Å².